The van der Waals surface area contributed by atoms with Gasteiger partial charge in [-0.3, -0.25) is 0 Å². The Hall–Kier alpha value is -2.17. The highest BCUT2D eigenvalue weighted by Crippen LogP contribution is 2.30. The van der Waals surface area contributed by atoms with Gasteiger partial charge >= 0.3 is 0 Å². The number of aryl methyl sites for hydroxylation is 1. The molecule has 0 aliphatic carbocycles. The van der Waals surface area contributed by atoms with Gasteiger partial charge in [-0.05, 0) is 50.2 Å². The van der Waals surface area contributed by atoms with E-state index in [1.54, 1.807) is 11.3 Å². The molecule has 0 saturated carbocycles. The molecule has 0 spiro atoms. The van der Waals surface area contributed by atoms with Gasteiger partial charge in [-0.15, -0.1) is 11.3 Å². The van der Waals surface area contributed by atoms with Gasteiger partial charge in [-0.1, -0.05) is 30.3 Å². The third-order valence-electron chi connectivity index (χ3n) is 4.05. The van der Waals surface area contributed by atoms with Crippen LogP contribution in [-0.4, -0.2) is 12.0 Å². The molecule has 0 saturated heterocycles. The monoisotopic (exact) mass is 338 g/mol. The van der Waals surface area contributed by atoms with Crippen molar-refractivity contribution in [2.24, 2.45) is 0 Å². The van der Waals surface area contributed by atoms with Gasteiger partial charge in [0, 0.05) is 10.9 Å². The highest BCUT2D eigenvalue weighted by molar-refractivity contribution is 7.10. The van der Waals surface area contributed by atoms with Gasteiger partial charge in [-0.2, -0.15) is 0 Å². The Bertz CT molecular complexity index is 798. The van der Waals surface area contributed by atoms with Crippen LogP contribution in [0.4, 0.5) is 0 Å². The summed E-state index contributed by atoms with van der Waals surface area (Å²) in [7, 11) is 1.95. The maximum absolute atomic E-state index is 5.90. The average molecular weight is 338 g/mol. The fraction of sp³-hybridized carbons (Fsp3) is 0.250. The maximum atomic E-state index is 5.90. The summed E-state index contributed by atoms with van der Waals surface area (Å²) in [5.41, 5.74) is 4.54. The number of ether oxygens (including phenoxy) is 1. The summed E-state index contributed by atoms with van der Waals surface area (Å²) in [5, 5.41) is 6.46. The first-order valence-corrected chi connectivity index (χ1v) is 8.96. The van der Waals surface area contributed by atoms with E-state index in [0.29, 0.717) is 6.61 Å². The lowest BCUT2D eigenvalue weighted by molar-refractivity contribution is 0.306. The molecule has 0 aliphatic heterocycles. The molecule has 0 fully saturated rings. The van der Waals surface area contributed by atoms with Crippen LogP contribution >= 0.6 is 11.3 Å². The Morgan fingerprint density at radius 1 is 1.17 bits per heavy atom. The zero-order valence-corrected chi connectivity index (χ0v) is 15.1. The number of benzene rings is 2. The average Bonchev–Trinajstić information content (AvgIpc) is 3.10. The molecule has 2 aromatic carbocycles. The van der Waals surface area contributed by atoms with E-state index in [1.807, 2.05) is 31.3 Å². The van der Waals surface area contributed by atoms with E-state index >= 15 is 0 Å². The normalized spacial score (nSPS) is 12.1. The number of nitrogens with one attached hydrogen (secondary N) is 1. The van der Waals surface area contributed by atoms with Crippen molar-refractivity contribution in [2.45, 2.75) is 26.5 Å². The van der Waals surface area contributed by atoms with Crippen molar-refractivity contribution >= 4 is 11.3 Å². The van der Waals surface area contributed by atoms with E-state index in [4.69, 9.17) is 9.72 Å². The highest BCUT2D eigenvalue weighted by atomic mass is 32.1. The van der Waals surface area contributed by atoms with E-state index in [2.05, 4.69) is 48.8 Å². The van der Waals surface area contributed by atoms with E-state index < -0.39 is 0 Å². The molecule has 1 heterocycles. The van der Waals surface area contributed by atoms with Crippen LogP contribution in [0.5, 0.6) is 5.75 Å². The summed E-state index contributed by atoms with van der Waals surface area (Å²) in [6, 6.07) is 16.7. The third kappa shape index (κ3) is 3.83. The molecule has 3 rings (SSSR count). The van der Waals surface area contributed by atoms with Crippen LogP contribution in [0, 0.1) is 6.92 Å². The zero-order chi connectivity index (χ0) is 16.9. The standard InChI is InChI=1S/C20H22N2OS/c1-14-11-17(23-12-16-7-5-4-6-8-16)9-10-18(14)19-13-24-20(22-19)15(2)21-3/h4-11,13,15,21H,12H2,1-3H3. The van der Waals surface area contributed by atoms with Crippen LogP contribution in [0.3, 0.4) is 0 Å². The van der Waals surface area contributed by atoms with E-state index in [9.17, 15) is 0 Å². The molecule has 0 bridgehead atoms. The summed E-state index contributed by atoms with van der Waals surface area (Å²) in [6.07, 6.45) is 0. The van der Waals surface area contributed by atoms with Crippen molar-refractivity contribution in [3.63, 3.8) is 0 Å². The molecule has 0 amide bonds. The van der Waals surface area contributed by atoms with Gasteiger partial charge in [-0.25, -0.2) is 4.98 Å². The minimum Gasteiger partial charge on any atom is -0.489 e. The van der Waals surface area contributed by atoms with Crippen molar-refractivity contribution in [3.8, 4) is 17.0 Å². The van der Waals surface area contributed by atoms with Crippen molar-refractivity contribution in [1.29, 1.82) is 0 Å². The Morgan fingerprint density at radius 3 is 2.67 bits per heavy atom. The minimum absolute atomic E-state index is 0.275. The molecule has 24 heavy (non-hydrogen) atoms. The SMILES string of the molecule is CNC(C)c1nc(-c2ccc(OCc3ccccc3)cc2C)cs1. The highest BCUT2D eigenvalue weighted by Gasteiger charge is 2.11. The summed E-state index contributed by atoms with van der Waals surface area (Å²) in [4.78, 5) is 4.75. The summed E-state index contributed by atoms with van der Waals surface area (Å²) < 4.78 is 5.90. The first-order chi connectivity index (χ1) is 11.7. The lowest BCUT2D eigenvalue weighted by Crippen LogP contribution is -2.11. The van der Waals surface area contributed by atoms with Gasteiger partial charge in [0.15, 0.2) is 0 Å². The molecule has 1 atom stereocenters. The topological polar surface area (TPSA) is 34.2 Å². The fourth-order valence-electron chi connectivity index (χ4n) is 2.49. The Morgan fingerprint density at radius 2 is 1.96 bits per heavy atom. The first-order valence-electron chi connectivity index (χ1n) is 8.08. The molecule has 1 aromatic heterocycles. The summed E-state index contributed by atoms with van der Waals surface area (Å²) in [5.74, 6) is 0.888. The van der Waals surface area contributed by atoms with Gasteiger partial charge in [0.1, 0.15) is 17.4 Å². The van der Waals surface area contributed by atoms with Gasteiger partial charge in [0.2, 0.25) is 0 Å². The minimum atomic E-state index is 0.275. The molecule has 0 aliphatic rings. The van der Waals surface area contributed by atoms with Gasteiger partial charge in [0.25, 0.3) is 0 Å². The number of nitrogens with zero attached hydrogens (tertiary/aromatic N) is 1. The molecule has 3 nitrogen and oxygen atoms in total. The van der Waals surface area contributed by atoms with Crippen molar-refractivity contribution in [2.75, 3.05) is 7.05 Å². The third-order valence-corrected chi connectivity index (χ3v) is 5.07. The zero-order valence-electron chi connectivity index (χ0n) is 14.2. The molecule has 1 N–H and O–H groups in total. The van der Waals surface area contributed by atoms with Crippen LogP contribution in [0.15, 0.2) is 53.9 Å². The van der Waals surface area contributed by atoms with Crippen LogP contribution in [0.2, 0.25) is 0 Å². The molecular weight excluding hydrogens is 316 g/mol. The largest absolute Gasteiger partial charge is 0.489 e. The van der Waals surface area contributed by atoms with E-state index in [0.717, 1.165) is 22.0 Å². The molecule has 0 radical (unpaired) electrons. The number of thiazole rings is 1. The predicted octanol–water partition coefficient (Wildman–Crippen LogP) is 4.98. The Labute approximate surface area is 147 Å². The van der Waals surface area contributed by atoms with E-state index in [-0.39, 0.29) is 6.04 Å². The lowest BCUT2D eigenvalue weighted by Gasteiger charge is -2.09. The van der Waals surface area contributed by atoms with Crippen LogP contribution in [0.25, 0.3) is 11.3 Å². The predicted molar refractivity (Wildman–Crippen MR) is 101 cm³/mol. The van der Waals surface area contributed by atoms with Crippen molar-refractivity contribution in [1.82, 2.24) is 10.3 Å². The molecule has 3 aromatic rings. The maximum Gasteiger partial charge on any atom is 0.120 e. The second-order valence-corrected chi connectivity index (χ2v) is 6.72. The van der Waals surface area contributed by atoms with E-state index in [1.165, 1.54) is 11.1 Å². The molecular formula is C20H22N2OS. The first kappa shape index (κ1) is 16.7. The molecule has 4 heteroatoms. The van der Waals surface area contributed by atoms with Crippen LogP contribution < -0.4 is 10.1 Å². The van der Waals surface area contributed by atoms with Gasteiger partial charge in [0.05, 0.1) is 11.7 Å². The quantitative estimate of drug-likeness (QED) is 0.688. The number of hydrogen-bond acceptors (Lipinski definition) is 4. The lowest BCUT2D eigenvalue weighted by atomic mass is 10.1. The molecule has 124 valence electrons. The number of hydrogen-bond donors (Lipinski definition) is 1. The van der Waals surface area contributed by atoms with Crippen molar-refractivity contribution < 1.29 is 4.74 Å². The number of rotatable bonds is 6. The van der Waals surface area contributed by atoms with Crippen LogP contribution in [0.1, 0.15) is 29.1 Å². The second kappa shape index (κ2) is 7.60. The number of aromatic nitrogens is 1. The smallest absolute Gasteiger partial charge is 0.120 e. The summed E-state index contributed by atoms with van der Waals surface area (Å²) in [6.45, 7) is 4.81. The van der Waals surface area contributed by atoms with Crippen molar-refractivity contribution in [3.05, 3.63) is 70.0 Å². The Kier molecular flexibility index (Phi) is 5.28. The fourth-order valence-corrected chi connectivity index (χ4v) is 3.37. The molecule has 1 unspecified atom stereocenters. The van der Waals surface area contributed by atoms with Gasteiger partial charge < -0.3 is 10.1 Å². The second-order valence-electron chi connectivity index (χ2n) is 5.83. The Balaban J connectivity index is 1.74. The summed E-state index contributed by atoms with van der Waals surface area (Å²) >= 11 is 1.69. The van der Waals surface area contributed by atoms with Crippen LogP contribution in [-0.2, 0) is 6.61 Å².